The molecular weight excluding hydrogens is 376 g/mol. The highest BCUT2D eigenvalue weighted by Crippen LogP contribution is 2.31. The van der Waals surface area contributed by atoms with Crippen molar-refractivity contribution >= 4 is 29.2 Å². The first kappa shape index (κ1) is 18.8. The van der Waals surface area contributed by atoms with Gasteiger partial charge in [-0.25, -0.2) is 4.79 Å². The second kappa shape index (κ2) is 8.22. The van der Waals surface area contributed by atoms with Gasteiger partial charge >= 0.3 is 5.97 Å². The first-order chi connectivity index (χ1) is 14.1. The van der Waals surface area contributed by atoms with Gasteiger partial charge < -0.3 is 24.4 Å². The third-order valence-corrected chi connectivity index (χ3v) is 4.65. The Hall–Kier alpha value is -3.55. The number of rotatable bonds is 5. The predicted octanol–water partition coefficient (Wildman–Crippen LogP) is 2.38. The molecule has 8 heteroatoms. The molecule has 0 bridgehead atoms. The van der Waals surface area contributed by atoms with E-state index in [9.17, 15) is 14.4 Å². The molecule has 2 amide bonds. The molecule has 0 aliphatic carbocycles. The standard InChI is InChI=1S/C21H20N2O6/c24-19(22-15-4-6-16(7-5-15)23-9-1-2-20(23)25)13-29-21(26)14-3-8-17-18(12-14)28-11-10-27-17/h3-8,12H,1-2,9-11,13H2,(H,22,24). The van der Waals surface area contributed by atoms with Gasteiger partial charge in [-0.15, -0.1) is 0 Å². The summed E-state index contributed by atoms with van der Waals surface area (Å²) < 4.78 is 15.9. The van der Waals surface area contributed by atoms with Crippen molar-refractivity contribution < 1.29 is 28.6 Å². The minimum absolute atomic E-state index is 0.104. The summed E-state index contributed by atoms with van der Waals surface area (Å²) in [6.45, 7) is 1.17. The number of nitrogens with zero attached hydrogens (tertiary/aromatic N) is 1. The third-order valence-electron chi connectivity index (χ3n) is 4.65. The van der Waals surface area contributed by atoms with Crippen LogP contribution in [-0.4, -0.2) is 44.1 Å². The maximum absolute atomic E-state index is 12.2. The van der Waals surface area contributed by atoms with E-state index >= 15 is 0 Å². The smallest absolute Gasteiger partial charge is 0.338 e. The van der Waals surface area contributed by atoms with Crippen molar-refractivity contribution in [1.82, 2.24) is 0 Å². The lowest BCUT2D eigenvalue weighted by molar-refractivity contribution is -0.119. The van der Waals surface area contributed by atoms with Gasteiger partial charge in [0.25, 0.3) is 5.91 Å². The number of anilines is 2. The quantitative estimate of drug-likeness (QED) is 0.780. The van der Waals surface area contributed by atoms with E-state index < -0.39 is 18.5 Å². The third kappa shape index (κ3) is 4.31. The minimum atomic E-state index is -0.625. The van der Waals surface area contributed by atoms with Crippen LogP contribution in [0.5, 0.6) is 11.5 Å². The van der Waals surface area contributed by atoms with Gasteiger partial charge in [-0.1, -0.05) is 0 Å². The summed E-state index contributed by atoms with van der Waals surface area (Å²) in [5.74, 6) is 0.0742. The van der Waals surface area contributed by atoms with Crippen molar-refractivity contribution in [2.24, 2.45) is 0 Å². The van der Waals surface area contributed by atoms with Crippen molar-refractivity contribution in [3.8, 4) is 11.5 Å². The first-order valence-electron chi connectivity index (χ1n) is 9.37. The van der Waals surface area contributed by atoms with Crippen LogP contribution in [-0.2, 0) is 14.3 Å². The number of carbonyl (C=O) groups excluding carboxylic acids is 3. The van der Waals surface area contributed by atoms with Crippen LogP contribution < -0.4 is 19.7 Å². The average molecular weight is 396 g/mol. The van der Waals surface area contributed by atoms with Gasteiger partial charge in [-0.3, -0.25) is 9.59 Å². The van der Waals surface area contributed by atoms with E-state index in [1.165, 1.54) is 6.07 Å². The van der Waals surface area contributed by atoms with Crippen LogP contribution in [0, 0.1) is 0 Å². The molecule has 0 saturated carbocycles. The topological polar surface area (TPSA) is 94.2 Å². The van der Waals surface area contributed by atoms with Crippen molar-refractivity contribution in [3.63, 3.8) is 0 Å². The largest absolute Gasteiger partial charge is 0.486 e. The molecule has 0 aromatic heterocycles. The number of ether oxygens (including phenoxy) is 3. The Morgan fingerprint density at radius 3 is 2.52 bits per heavy atom. The van der Waals surface area contributed by atoms with Gasteiger partial charge in [0.15, 0.2) is 18.1 Å². The van der Waals surface area contributed by atoms with E-state index in [2.05, 4.69) is 5.32 Å². The monoisotopic (exact) mass is 396 g/mol. The molecule has 2 aliphatic heterocycles. The molecule has 2 heterocycles. The van der Waals surface area contributed by atoms with Crippen LogP contribution in [0.3, 0.4) is 0 Å². The lowest BCUT2D eigenvalue weighted by Gasteiger charge is -2.18. The van der Waals surface area contributed by atoms with Gasteiger partial charge in [-0.05, 0) is 48.9 Å². The Labute approximate surface area is 167 Å². The number of nitrogens with one attached hydrogen (secondary N) is 1. The van der Waals surface area contributed by atoms with Crippen molar-refractivity contribution in [3.05, 3.63) is 48.0 Å². The highest BCUT2D eigenvalue weighted by atomic mass is 16.6. The van der Waals surface area contributed by atoms with Crippen LogP contribution in [0.25, 0.3) is 0 Å². The van der Waals surface area contributed by atoms with E-state index in [0.29, 0.717) is 43.4 Å². The number of hydrogen-bond acceptors (Lipinski definition) is 6. The highest BCUT2D eigenvalue weighted by Gasteiger charge is 2.21. The molecule has 4 rings (SSSR count). The molecule has 29 heavy (non-hydrogen) atoms. The lowest BCUT2D eigenvalue weighted by atomic mass is 10.2. The summed E-state index contributed by atoms with van der Waals surface area (Å²) in [5, 5.41) is 2.66. The van der Waals surface area contributed by atoms with Gasteiger partial charge in [0, 0.05) is 24.3 Å². The number of carbonyl (C=O) groups is 3. The van der Waals surface area contributed by atoms with Crippen LogP contribution in [0.1, 0.15) is 23.2 Å². The van der Waals surface area contributed by atoms with E-state index in [-0.39, 0.29) is 11.5 Å². The average Bonchev–Trinajstić information content (AvgIpc) is 3.18. The first-order valence-corrected chi connectivity index (χ1v) is 9.37. The summed E-state index contributed by atoms with van der Waals surface area (Å²) in [6, 6.07) is 11.7. The molecule has 0 atom stereocenters. The fourth-order valence-electron chi connectivity index (χ4n) is 3.23. The second-order valence-electron chi connectivity index (χ2n) is 6.68. The number of esters is 1. The zero-order chi connectivity index (χ0) is 20.2. The zero-order valence-corrected chi connectivity index (χ0v) is 15.7. The Balaban J connectivity index is 1.29. The fraction of sp³-hybridized carbons (Fsp3) is 0.286. The number of benzene rings is 2. The molecule has 150 valence electrons. The van der Waals surface area contributed by atoms with Gasteiger partial charge in [0.1, 0.15) is 13.2 Å². The summed E-state index contributed by atoms with van der Waals surface area (Å²) in [4.78, 5) is 37.7. The van der Waals surface area contributed by atoms with Gasteiger partial charge in [-0.2, -0.15) is 0 Å². The van der Waals surface area contributed by atoms with Crippen molar-refractivity contribution in [2.45, 2.75) is 12.8 Å². The maximum atomic E-state index is 12.2. The molecule has 2 aliphatic rings. The van der Waals surface area contributed by atoms with Crippen molar-refractivity contribution in [1.29, 1.82) is 0 Å². The Kier molecular flexibility index (Phi) is 5.33. The molecule has 0 radical (unpaired) electrons. The molecule has 0 unspecified atom stereocenters. The Morgan fingerprint density at radius 1 is 1.03 bits per heavy atom. The lowest BCUT2D eigenvalue weighted by Crippen LogP contribution is -2.24. The molecular formula is C21H20N2O6. The maximum Gasteiger partial charge on any atom is 0.338 e. The molecule has 8 nitrogen and oxygen atoms in total. The van der Waals surface area contributed by atoms with Crippen LogP contribution in [0.15, 0.2) is 42.5 Å². The van der Waals surface area contributed by atoms with E-state index in [1.54, 1.807) is 41.3 Å². The molecule has 1 fully saturated rings. The summed E-state index contributed by atoms with van der Waals surface area (Å²) >= 11 is 0. The minimum Gasteiger partial charge on any atom is -0.486 e. The number of fused-ring (bicyclic) bond motifs is 1. The number of hydrogen-bond donors (Lipinski definition) is 1. The van der Waals surface area contributed by atoms with Crippen LogP contribution in [0.4, 0.5) is 11.4 Å². The van der Waals surface area contributed by atoms with Crippen molar-refractivity contribution in [2.75, 3.05) is 36.6 Å². The second-order valence-corrected chi connectivity index (χ2v) is 6.68. The Bertz CT molecular complexity index is 941. The molecule has 1 saturated heterocycles. The predicted molar refractivity (Wildman–Crippen MR) is 104 cm³/mol. The van der Waals surface area contributed by atoms with E-state index in [4.69, 9.17) is 14.2 Å². The number of amides is 2. The van der Waals surface area contributed by atoms with E-state index in [0.717, 1.165) is 12.1 Å². The van der Waals surface area contributed by atoms with Gasteiger partial charge in [0.05, 0.1) is 5.56 Å². The molecule has 2 aromatic rings. The summed E-state index contributed by atoms with van der Waals surface area (Å²) in [6.07, 6.45) is 1.42. The van der Waals surface area contributed by atoms with Crippen LogP contribution >= 0.6 is 0 Å². The molecule has 1 N–H and O–H groups in total. The van der Waals surface area contributed by atoms with E-state index in [1.807, 2.05) is 0 Å². The van der Waals surface area contributed by atoms with Crippen LogP contribution in [0.2, 0.25) is 0 Å². The zero-order valence-electron chi connectivity index (χ0n) is 15.7. The summed E-state index contributed by atoms with van der Waals surface area (Å²) in [5.41, 5.74) is 1.64. The SMILES string of the molecule is O=C(COC(=O)c1ccc2c(c1)OCCO2)Nc1ccc(N2CCCC2=O)cc1. The molecule has 2 aromatic carbocycles. The Morgan fingerprint density at radius 2 is 1.79 bits per heavy atom. The summed E-state index contributed by atoms with van der Waals surface area (Å²) in [7, 11) is 0. The fourth-order valence-corrected chi connectivity index (χ4v) is 3.23. The van der Waals surface area contributed by atoms with Gasteiger partial charge in [0.2, 0.25) is 5.91 Å². The normalized spacial score (nSPS) is 15.2. The highest BCUT2D eigenvalue weighted by molar-refractivity contribution is 5.97. The molecule has 0 spiro atoms.